The zero-order valence-corrected chi connectivity index (χ0v) is 19.5. The number of nitrogens with zero attached hydrogens (tertiary/aromatic N) is 3. The van der Waals surface area contributed by atoms with Crippen molar-refractivity contribution < 1.29 is 0 Å². The molecular formula is C23H26N4OS2. The van der Waals surface area contributed by atoms with Crippen molar-refractivity contribution in [3.05, 3.63) is 70.0 Å². The molecule has 0 saturated carbocycles. The van der Waals surface area contributed by atoms with E-state index in [0.717, 1.165) is 16.1 Å². The molecule has 2 N–H and O–H groups in total. The zero-order chi connectivity index (χ0) is 21.8. The van der Waals surface area contributed by atoms with Crippen LogP contribution in [0, 0.1) is 0 Å². The fourth-order valence-electron chi connectivity index (χ4n) is 3.16. The lowest BCUT2D eigenvalue weighted by atomic mass is 10.0. The van der Waals surface area contributed by atoms with E-state index in [-0.39, 0.29) is 11.4 Å². The highest BCUT2D eigenvalue weighted by Crippen LogP contribution is 2.27. The van der Waals surface area contributed by atoms with Gasteiger partial charge >= 0.3 is 0 Å². The van der Waals surface area contributed by atoms with Gasteiger partial charge in [0.05, 0.1) is 5.69 Å². The number of thioether (sulfide) groups is 2. The molecule has 5 nitrogen and oxygen atoms in total. The van der Waals surface area contributed by atoms with Crippen molar-refractivity contribution in [2.24, 2.45) is 10.7 Å². The van der Waals surface area contributed by atoms with Crippen molar-refractivity contribution in [1.29, 1.82) is 0 Å². The SMILES string of the molecule is CN=C(N)c1c(SC)nc(-c2ccc(SC)cc2)n(-c2ccc(C(C)C)cc2)c1=O. The molecule has 3 rings (SSSR count). The Morgan fingerprint density at radius 3 is 2.17 bits per heavy atom. The minimum atomic E-state index is -0.223. The van der Waals surface area contributed by atoms with E-state index in [0.29, 0.717) is 22.3 Å². The van der Waals surface area contributed by atoms with Gasteiger partial charge in [0, 0.05) is 17.5 Å². The molecule has 0 saturated heterocycles. The Labute approximate surface area is 185 Å². The number of hydrogen-bond acceptors (Lipinski definition) is 5. The van der Waals surface area contributed by atoms with Crippen LogP contribution in [-0.4, -0.2) is 34.9 Å². The summed E-state index contributed by atoms with van der Waals surface area (Å²) < 4.78 is 1.63. The first-order valence-electron chi connectivity index (χ1n) is 9.59. The monoisotopic (exact) mass is 438 g/mol. The van der Waals surface area contributed by atoms with Gasteiger partial charge in [0.1, 0.15) is 22.2 Å². The third-order valence-corrected chi connectivity index (χ3v) is 6.33. The number of amidine groups is 1. The standard InChI is InChI=1S/C23H26N4OS2/c1-14(2)15-6-10-17(11-7-15)27-21(16-8-12-18(29-4)13-9-16)26-22(30-5)19(23(27)28)20(24)25-3/h6-14H,1-5H3,(H2,24,25). The van der Waals surface area contributed by atoms with Crippen LogP contribution < -0.4 is 11.3 Å². The highest BCUT2D eigenvalue weighted by atomic mass is 32.2. The Kier molecular flexibility index (Phi) is 7.05. The molecule has 0 radical (unpaired) electrons. The second-order valence-electron chi connectivity index (χ2n) is 7.04. The lowest BCUT2D eigenvalue weighted by molar-refractivity contribution is 0.859. The fraction of sp³-hybridized carbons (Fsp3) is 0.261. The summed E-state index contributed by atoms with van der Waals surface area (Å²) in [7, 11) is 1.58. The lowest BCUT2D eigenvalue weighted by Crippen LogP contribution is -2.32. The first-order chi connectivity index (χ1) is 14.4. The molecule has 7 heteroatoms. The summed E-state index contributed by atoms with van der Waals surface area (Å²) in [5, 5.41) is 0.571. The van der Waals surface area contributed by atoms with Crippen LogP contribution in [0.4, 0.5) is 0 Å². The number of aliphatic imine (C=N–C) groups is 1. The van der Waals surface area contributed by atoms with Gasteiger partial charge in [0.15, 0.2) is 0 Å². The Morgan fingerprint density at radius 2 is 1.67 bits per heavy atom. The largest absolute Gasteiger partial charge is 0.383 e. The van der Waals surface area contributed by atoms with Crippen molar-refractivity contribution in [1.82, 2.24) is 9.55 Å². The molecule has 1 aromatic heterocycles. The molecule has 0 amide bonds. The van der Waals surface area contributed by atoms with E-state index in [2.05, 4.69) is 18.8 Å². The molecule has 1 heterocycles. The van der Waals surface area contributed by atoms with Gasteiger partial charge in [-0.3, -0.25) is 14.4 Å². The van der Waals surface area contributed by atoms with Crippen LogP contribution in [0.3, 0.4) is 0 Å². The van der Waals surface area contributed by atoms with E-state index in [1.807, 2.05) is 61.0 Å². The minimum Gasteiger partial charge on any atom is -0.383 e. The first kappa shape index (κ1) is 22.2. The molecule has 0 spiro atoms. The molecule has 3 aromatic rings. The first-order valence-corrected chi connectivity index (χ1v) is 12.0. The van der Waals surface area contributed by atoms with Crippen LogP contribution in [0.5, 0.6) is 0 Å². The molecule has 0 unspecified atom stereocenters. The maximum absolute atomic E-state index is 13.6. The predicted octanol–water partition coefficient (Wildman–Crippen LogP) is 4.80. The molecule has 0 bridgehead atoms. The summed E-state index contributed by atoms with van der Waals surface area (Å²) in [5.41, 5.74) is 9.03. The highest BCUT2D eigenvalue weighted by Gasteiger charge is 2.21. The van der Waals surface area contributed by atoms with Crippen LogP contribution in [0.1, 0.15) is 30.9 Å². The van der Waals surface area contributed by atoms with Gasteiger partial charge < -0.3 is 5.73 Å². The average Bonchev–Trinajstić information content (AvgIpc) is 2.78. The van der Waals surface area contributed by atoms with Gasteiger partial charge in [-0.1, -0.05) is 38.1 Å². The van der Waals surface area contributed by atoms with Gasteiger partial charge in [0.25, 0.3) is 5.56 Å². The molecule has 0 atom stereocenters. The van der Waals surface area contributed by atoms with Crippen LogP contribution >= 0.6 is 23.5 Å². The van der Waals surface area contributed by atoms with Crippen molar-refractivity contribution in [3.63, 3.8) is 0 Å². The number of aromatic nitrogens is 2. The van der Waals surface area contributed by atoms with Crippen molar-refractivity contribution >= 4 is 29.4 Å². The second kappa shape index (κ2) is 9.53. The van der Waals surface area contributed by atoms with E-state index in [1.54, 1.807) is 23.4 Å². The summed E-state index contributed by atoms with van der Waals surface area (Å²) in [6.07, 6.45) is 3.92. The maximum atomic E-state index is 13.6. The topological polar surface area (TPSA) is 73.3 Å². The Balaban J connectivity index is 2.34. The molecule has 0 aliphatic rings. The zero-order valence-electron chi connectivity index (χ0n) is 17.8. The fourth-order valence-corrected chi connectivity index (χ4v) is 4.14. The quantitative estimate of drug-likeness (QED) is 0.259. The second-order valence-corrected chi connectivity index (χ2v) is 8.72. The Hall–Kier alpha value is -2.51. The third kappa shape index (κ3) is 4.32. The minimum absolute atomic E-state index is 0.189. The van der Waals surface area contributed by atoms with Crippen LogP contribution in [0.2, 0.25) is 0 Å². The number of nitrogens with two attached hydrogens (primary N) is 1. The maximum Gasteiger partial charge on any atom is 0.270 e. The van der Waals surface area contributed by atoms with Gasteiger partial charge in [-0.2, -0.15) is 0 Å². The number of benzene rings is 2. The van der Waals surface area contributed by atoms with E-state index in [9.17, 15) is 4.79 Å². The van der Waals surface area contributed by atoms with E-state index in [4.69, 9.17) is 10.7 Å². The normalized spacial score (nSPS) is 11.9. The van der Waals surface area contributed by atoms with E-state index < -0.39 is 0 Å². The van der Waals surface area contributed by atoms with Crippen LogP contribution in [-0.2, 0) is 0 Å². The molecular weight excluding hydrogens is 412 g/mol. The molecule has 156 valence electrons. The van der Waals surface area contributed by atoms with Crippen molar-refractivity contribution in [3.8, 4) is 17.1 Å². The summed E-state index contributed by atoms with van der Waals surface area (Å²) in [4.78, 5) is 23.7. The summed E-state index contributed by atoms with van der Waals surface area (Å²) in [6.45, 7) is 4.29. The molecule has 2 aromatic carbocycles. The smallest absolute Gasteiger partial charge is 0.270 e. The van der Waals surface area contributed by atoms with Gasteiger partial charge in [-0.05, 0) is 48.3 Å². The molecule has 30 heavy (non-hydrogen) atoms. The van der Waals surface area contributed by atoms with E-state index in [1.165, 1.54) is 17.3 Å². The lowest BCUT2D eigenvalue weighted by Gasteiger charge is -2.17. The summed E-state index contributed by atoms with van der Waals surface area (Å²) >= 11 is 3.06. The Bertz CT molecular complexity index is 1120. The Morgan fingerprint density at radius 1 is 1.03 bits per heavy atom. The summed E-state index contributed by atoms with van der Waals surface area (Å²) in [5.74, 6) is 1.18. The van der Waals surface area contributed by atoms with Gasteiger partial charge in [0.2, 0.25) is 0 Å². The average molecular weight is 439 g/mol. The van der Waals surface area contributed by atoms with Crippen LogP contribution in [0.15, 0.2) is 68.2 Å². The highest BCUT2D eigenvalue weighted by molar-refractivity contribution is 7.98. The molecule has 0 aliphatic heterocycles. The molecule has 0 fully saturated rings. The van der Waals surface area contributed by atoms with Gasteiger partial charge in [-0.15, -0.1) is 23.5 Å². The number of rotatable bonds is 6. The third-order valence-electron chi connectivity index (χ3n) is 4.91. The summed E-state index contributed by atoms with van der Waals surface area (Å²) in [6, 6.07) is 16.1. The van der Waals surface area contributed by atoms with E-state index >= 15 is 0 Å². The van der Waals surface area contributed by atoms with Crippen LogP contribution in [0.25, 0.3) is 17.1 Å². The molecule has 0 aliphatic carbocycles. The van der Waals surface area contributed by atoms with Crippen molar-refractivity contribution in [2.45, 2.75) is 29.7 Å². The predicted molar refractivity (Wildman–Crippen MR) is 130 cm³/mol. The van der Waals surface area contributed by atoms with Crippen molar-refractivity contribution in [2.75, 3.05) is 19.6 Å². The number of hydrogen-bond donors (Lipinski definition) is 1. The van der Waals surface area contributed by atoms with Gasteiger partial charge in [-0.25, -0.2) is 4.98 Å².